The lowest BCUT2D eigenvalue weighted by Crippen LogP contribution is -2.13. The zero-order valence-electron chi connectivity index (χ0n) is 13.7. The minimum Gasteiger partial charge on any atom is -0.299 e. The summed E-state index contributed by atoms with van der Waals surface area (Å²) < 4.78 is 0. The van der Waals surface area contributed by atoms with Crippen molar-refractivity contribution in [2.75, 3.05) is 0 Å². The fraction of sp³-hybridized carbons (Fsp3) is 0.273. The Labute approximate surface area is 139 Å². The summed E-state index contributed by atoms with van der Waals surface area (Å²) in [5.74, 6) is 0.496. The number of allylic oxidation sites excluding steroid dienone is 1. The molecule has 0 saturated carbocycles. The lowest BCUT2D eigenvalue weighted by atomic mass is 9.84. The molecule has 1 heteroatoms. The summed E-state index contributed by atoms with van der Waals surface area (Å²) in [6.45, 7) is 5.54. The van der Waals surface area contributed by atoms with Gasteiger partial charge in [-0.1, -0.05) is 74.2 Å². The Hall–Kier alpha value is -2.37. The van der Waals surface area contributed by atoms with Crippen LogP contribution >= 0.6 is 0 Å². The maximum absolute atomic E-state index is 12.1. The van der Waals surface area contributed by atoms with Crippen LogP contribution in [0, 0.1) is 5.92 Å². The fourth-order valence-electron chi connectivity index (χ4n) is 2.98. The van der Waals surface area contributed by atoms with Gasteiger partial charge in [0, 0.05) is 18.3 Å². The van der Waals surface area contributed by atoms with Crippen LogP contribution < -0.4 is 0 Å². The average Bonchev–Trinajstić information content (AvgIpc) is 2.62. The maximum atomic E-state index is 12.1. The van der Waals surface area contributed by atoms with Crippen molar-refractivity contribution in [1.82, 2.24) is 0 Å². The van der Waals surface area contributed by atoms with Crippen LogP contribution in [-0.2, 0) is 4.79 Å². The van der Waals surface area contributed by atoms with Gasteiger partial charge in [0.1, 0.15) is 5.78 Å². The van der Waals surface area contributed by atoms with Gasteiger partial charge in [0.15, 0.2) is 0 Å². The van der Waals surface area contributed by atoms with Crippen molar-refractivity contribution in [3.8, 4) is 0 Å². The summed E-state index contributed by atoms with van der Waals surface area (Å²) in [5, 5.41) is 0. The summed E-state index contributed by atoms with van der Waals surface area (Å²) in [6.07, 6.45) is 4.13. The molecule has 0 amide bonds. The third-order valence-electron chi connectivity index (χ3n) is 4.25. The van der Waals surface area contributed by atoms with Gasteiger partial charge in [0.25, 0.3) is 0 Å². The molecule has 23 heavy (non-hydrogen) atoms. The van der Waals surface area contributed by atoms with Gasteiger partial charge in [-0.3, -0.25) is 4.79 Å². The summed E-state index contributed by atoms with van der Waals surface area (Å²) in [4.78, 5) is 12.1. The van der Waals surface area contributed by atoms with Gasteiger partial charge in [0.05, 0.1) is 0 Å². The highest BCUT2D eigenvalue weighted by Gasteiger charge is 2.19. The molecule has 0 N–H and O–H groups in total. The number of hydrogen-bond acceptors (Lipinski definition) is 1. The van der Waals surface area contributed by atoms with Gasteiger partial charge < -0.3 is 0 Å². The zero-order chi connectivity index (χ0) is 16.5. The van der Waals surface area contributed by atoms with E-state index in [-0.39, 0.29) is 11.7 Å². The van der Waals surface area contributed by atoms with Gasteiger partial charge in [0.2, 0.25) is 0 Å². The normalized spacial score (nSPS) is 11.7. The molecule has 0 radical (unpaired) electrons. The number of rotatable bonds is 8. The Bertz CT molecular complexity index is 611. The van der Waals surface area contributed by atoms with E-state index in [1.807, 2.05) is 25.1 Å². The molecule has 2 aromatic carbocycles. The SMILES string of the molecule is C=C=CC(CCC(c1ccccc1)c1ccccc1)C(=O)CC. The Kier molecular flexibility index (Phi) is 6.59. The van der Waals surface area contributed by atoms with E-state index in [4.69, 9.17) is 0 Å². The Morgan fingerprint density at radius 2 is 1.52 bits per heavy atom. The molecule has 0 aromatic heterocycles. The van der Waals surface area contributed by atoms with E-state index >= 15 is 0 Å². The van der Waals surface area contributed by atoms with Crippen LogP contribution in [0.1, 0.15) is 43.2 Å². The average molecular weight is 304 g/mol. The van der Waals surface area contributed by atoms with E-state index in [1.165, 1.54) is 11.1 Å². The van der Waals surface area contributed by atoms with Gasteiger partial charge in [-0.25, -0.2) is 0 Å². The van der Waals surface area contributed by atoms with Gasteiger partial charge >= 0.3 is 0 Å². The van der Waals surface area contributed by atoms with Crippen LogP contribution in [0.5, 0.6) is 0 Å². The van der Waals surface area contributed by atoms with Crippen molar-refractivity contribution in [1.29, 1.82) is 0 Å². The predicted octanol–water partition coefficient (Wildman–Crippen LogP) is 5.54. The summed E-state index contributed by atoms with van der Waals surface area (Å²) >= 11 is 0. The molecule has 1 nitrogen and oxygen atoms in total. The topological polar surface area (TPSA) is 17.1 Å². The second kappa shape index (κ2) is 8.92. The van der Waals surface area contributed by atoms with Gasteiger partial charge in [-0.05, 0) is 30.0 Å². The van der Waals surface area contributed by atoms with E-state index in [0.29, 0.717) is 12.3 Å². The maximum Gasteiger partial charge on any atom is 0.140 e. The molecule has 1 unspecified atom stereocenters. The molecule has 0 bridgehead atoms. The van der Waals surface area contributed by atoms with Crippen LogP contribution in [0.4, 0.5) is 0 Å². The van der Waals surface area contributed by atoms with Crippen LogP contribution in [0.3, 0.4) is 0 Å². The number of carbonyl (C=O) groups excluding carboxylic acids is 1. The highest BCUT2D eigenvalue weighted by atomic mass is 16.1. The molecule has 1 atom stereocenters. The summed E-state index contributed by atoms with van der Waals surface area (Å²) in [5.41, 5.74) is 5.38. The van der Waals surface area contributed by atoms with Crippen molar-refractivity contribution < 1.29 is 4.79 Å². The molecule has 0 heterocycles. The highest BCUT2D eigenvalue weighted by molar-refractivity contribution is 5.82. The number of benzene rings is 2. The Balaban J connectivity index is 2.22. The molecule has 0 spiro atoms. The zero-order valence-corrected chi connectivity index (χ0v) is 13.7. The van der Waals surface area contributed by atoms with Crippen LogP contribution in [0.2, 0.25) is 0 Å². The van der Waals surface area contributed by atoms with Crippen molar-refractivity contribution in [3.05, 3.63) is 90.2 Å². The molecule has 0 aliphatic heterocycles. The minimum absolute atomic E-state index is 0.0765. The first-order chi connectivity index (χ1) is 11.3. The summed E-state index contributed by atoms with van der Waals surface area (Å²) in [6, 6.07) is 21.0. The molecular formula is C22H24O. The molecule has 0 saturated heterocycles. The van der Waals surface area contributed by atoms with Crippen molar-refractivity contribution in [3.63, 3.8) is 0 Å². The van der Waals surface area contributed by atoms with Crippen molar-refractivity contribution in [2.24, 2.45) is 5.92 Å². The Morgan fingerprint density at radius 1 is 1.00 bits per heavy atom. The van der Waals surface area contributed by atoms with Crippen LogP contribution in [0.15, 0.2) is 79.0 Å². The molecule has 0 aliphatic rings. The van der Waals surface area contributed by atoms with Gasteiger partial charge in [-0.15, -0.1) is 5.73 Å². The van der Waals surface area contributed by atoms with Crippen molar-refractivity contribution >= 4 is 5.78 Å². The lowest BCUT2D eigenvalue weighted by molar-refractivity contribution is -0.121. The van der Waals surface area contributed by atoms with Crippen LogP contribution in [0.25, 0.3) is 0 Å². The highest BCUT2D eigenvalue weighted by Crippen LogP contribution is 2.31. The standard InChI is InChI=1S/C22H24O/c1-3-11-20(22(23)4-2)16-17-21(18-12-7-5-8-13-18)19-14-9-6-10-15-19/h5-15,20-21H,1,4,16-17H2,2H3. The first kappa shape index (κ1) is 17.0. The molecule has 118 valence electrons. The lowest BCUT2D eigenvalue weighted by Gasteiger charge is -2.20. The fourth-order valence-corrected chi connectivity index (χ4v) is 2.98. The molecule has 2 rings (SSSR count). The van der Waals surface area contributed by atoms with E-state index in [0.717, 1.165) is 12.8 Å². The third kappa shape index (κ3) is 4.81. The van der Waals surface area contributed by atoms with E-state index in [2.05, 4.69) is 60.8 Å². The molecular weight excluding hydrogens is 280 g/mol. The Morgan fingerprint density at radius 3 is 1.96 bits per heavy atom. The number of Topliss-reactive ketones (excluding diaryl/α,β-unsaturated/α-hetero) is 1. The van der Waals surface area contributed by atoms with E-state index in [9.17, 15) is 4.79 Å². The largest absolute Gasteiger partial charge is 0.299 e. The molecule has 0 fully saturated rings. The quantitative estimate of drug-likeness (QED) is 0.586. The summed E-state index contributed by atoms with van der Waals surface area (Å²) in [7, 11) is 0. The monoisotopic (exact) mass is 304 g/mol. The second-order valence-electron chi connectivity index (χ2n) is 5.75. The minimum atomic E-state index is -0.0765. The van der Waals surface area contributed by atoms with E-state index in [1.54, 1.807) is 0 Å². The molecule has 0 aliphatic carbocycles. The number of carbonyl (C=O) groups is 1. The van der Waals surface area contributed by atoms with E-state index < -0.39 is 0 Å². The first-order valence-corrected chi connectivity index (χ1v) is 8.24. The number of hydrogen-bond donors (Lipinski definition) is 0. The number of ketones is 1. The van der Waals surface area contributed by atoms with Gasteiger partial charge in [-0.2, -0.15) is 0 Å². The van der Waals surface area contributed by atoms with Crippen molar-refractivity contribution in [2.45, 2.75) is 32.1 Å². The predicted molar refractivity (Wildman–Crippen MR) is 96.5 cm³/mol. The van der Waals surface area contributed by atoms with Crippen LogP contribution in [-0.4, -0.2) is 5.78 Å². The second-order valence-corrected chi connectivity index (χ2v) is 5.75. The smallest absolute Gasteiger partial charge is 0.140 e. The third-order valence-corrected chi connectivity index (χ3v) is 4.25. The molecule has 2 aromatic rings. The first-order valence-electron chi connectivity index (χ1n) is 8.24.